The lowest BCUT2D eigenvalue weighted by atomic mass is 9.96. The molecule has 1 saturated heterocycles. The largest absolute Gasteiger partial charge is 0.451 e. The molecule has 0 radical (unpaired) electrons. The number of piperidine rings is 1. The molecule has 0 aliphatic carbocycles. The third kappa shape index (κ3) is 3.54. The topological polar surface area (TPSA) is 89.7 Å². The molecule has 0 spiro atoms. The van der Waals surface area contributed by atoms with Gasteiger partial charge in [0, 0.05) is 33.8 Å². The van der Waals surface area contributed by atoms with Crippen molar-refractivity contribution in [2.75, 3.05) is 19.7 Å². The molecule has 140 valence electrons. The van der Waals surface area contributed by atoms with E-state index in [2.05, 4.69) is 6.07 Å². The number of esters is 1. The van der Waals surface area contributed by atoms with Crippen LogP contribution in [0.5, 0.6) is 0 Å². The number of likely N-dealkylation sites (tertiary alicyclic amines) is 1. The van der Waals surface area contributed by atoms with Crippen molar-refractivity contribution in [1.82, 2.24) is 4.90 Å². The van der Waals surface area contributed by atoms with Gasteiger partial charge in [-0.05, 0) is 25.0 Å². The number of hydrogen-bond acceptors (Lipinski definition) is 6. The van der Waals surface area contributed by atoms with Crippen LogP contribution < -0.4 is 5.73 Å². The van der Waals surface area contributed by atoms with Crippen molar-refractivity contribution in [3.63, 3.8) is 0 Å². The van der Waals surface area contributed by atoms with Gasteiger partial charge in [0.15, 0.2) is 6.61 Å². The molecule has 0 atom stereocenters. The van der Waals surface area contributed by atoms with E-state index < -0.39 is 5.97 Å². The molecule has 27 heavy (non-hydrogen) atoms. The number of carbonyl (C=O) groups is 3. The van der Waals surface area contributed by atoms with Crippen LogP contribution in [0.3, 0.4) is 0 Å². The van der Waals surface area contributed by atoms with Gasteiger partial charge in [-0.2, -0.15) is 0 Å². The van der Waals surface area contributed by atoms with Gasteiger partial charge >= 0.3 is 5.97 Å². The van der Waals surface area contributed by atoms with Crippen LogP contribution in [0.4, 0.5) is 0 Å². The second kappa shape index (κ2) is 7.28. The minimum atomic E-state index is -0.479. The Bertz CT molecular complexity index is 1030. The van der Waals surface area contributed by atoms with Crippen LogP contribution in [-0.2, 0) is 14.3 Å². The summed E-state index contributed by atoms with van der Waals surface area (Å²) in [6.45, 7) is 0.641. The molecule has 2 N–H and O–H groups in total. The summed E-state index contributed by atoms with van der Waals surface area (Å²) in [6.07, 6.45) is 1.12. The van der Waals surface area contributed by atoms with E-state index >= 15 is 0 Å². The second-order valence-electron chi connectivity index (χ2n) is 6.54. The highest BCUT2D eigenvalue weighted by Crippen LogP contribution is 2.39. The van der Waals surface area contributed by atoms with E-state index in [0.717, 1.165) is 14.8 Å². The Morgan fingerprint density at radius 1 is 1.11 bits per heavy atom. The highest BCUT2D eigenvalue weighted by molar-refractivity contribution is 7.33. The molecule has 6 nitrogen and oxygen atoms in total. The van der Waals surface area contributed by atoms with Crippen LogP contribution in [0.25, 0.3) is 19.5 Å². The van der Waals surface area contributed by atoms with Gasteiger partial charge < -0.3 is 15.4 Å². The third-order valence-electron chi connectivity index (χ3n) is 4.83. The normalized spacial score (nSPS) is 15.3. The molecule has 0 saturated carbocycles. The van der Waals surface area contributed by atoms with Crippen LogP contribution in [0, 0.1) is 5.92 Å². The number of primary amides is 1. The molecule has 8 heteroatoms. The van der Waals surface area contributed by atoms with Gasteiger partial charge in [0.05, 0.1) is 4.70 Å². The molecule has 1 aliphatic heterocycles. The lowest BCUT2D eigenvalue weighted by Gasteiger charge is -2.30. The van der Waals surface area contributed by atoms with Crippen molar-refractivity contribution >= 4 is 59.9 Å². The fourth-order valence-electron chi connectivity index (χ4n) is 3.30. The summed E-state index contributed by atoms with van der Waals surface area (Å²) < 4.78 is 8.53. The van der Waals surface area contributed by atoms with Crippen LogP contribution in [0.15, 0.2) is 30.3 Å². The fourth-order valence-corrected chi connectivity index (χ4v) is 5.72. The molecule has 4 rings (SSSR count). The number of amides is 2. The van der Waals surface area contributed by atoms with Crippen molar-refractivity contribution in [2.45, 2.75) is 12.8 Å². The molecule has 1 aliphatic rings. The minimum Gasteiger partial charge on any atom is -0.451 e. The number of ether oxygens (including phenoxy) is 1. The van der Waals surface area contributed by atoms with E-state index in [1.807, 2.05) is 24.3 Å². The van der Waals surface area contributed by atoms with Gasteiger partial charge in [-0.25, -0.2) is 4.79 Å². The molecular weight excluding hydrogens is 384 g/mol. The first-order valence-electron chi connectivity index (χ1n) is 8.68. The van der Waals surface area contributed by atoms with Gasteiger partial charge in [-0.3, -0.25) is 9.59 Å². The number of thiophene rings is 2. The molecule has 0 bridgehead atoms. The van der Waals surface area contributed by atoms with E-state index in [4.69, 9.17) is 10.5 Å². The number of fused-ring (bicyclic) bond motifs is 3. The van der Waals surface area contributed by atoms with Crippen molar-refractivity contribution in [3.8, 4) is 0 Å². The van der Waals surface area contributed by atoms with Crippen LogP contribution in [0.2, 0.25) is 0 Å². The van der Waals surface area contributed by atoms with Gasteiger partial charge in [0.2, 0.25) is 5.91 Å². The lowest BCUT2D eigenvalue weighted by Crippen LogP contribution is -2.43. The zero-order valence-electron chi connectivity index (χ0n) is 14.5. The van der Waals surface area contributed by atoms with Crippen LogP contribution in [0.1, 0.15) is 22.5 Å². The van der Waals surface area contributed by atoms with Crippen LogP contribution >= 0.6 is 22.7 Å². The maximum absolute atomic E-state index is 12.3. The Kier molecular flexibility index (Phi) is 4.84. The Morgan fingerprint density at radius 2 is 1.85 bits per heavy atom. The van der Waals surface area contributed by atoms with Crippen molar-refractivity contribution in [2.24, 2.45) is 11.7 Å². The number of hydrogen-bond donors (Lipinski definition) is 1. The Hall–Kier alpha value is -2.45. The predicted molar refractivity (Wildman–Crippen MR) is 106 cm³/mol. The summed E-state index contributed by atoms with van der Waals surface area (Å²) in [4.78, 5) is 37.9. The Labute approximate surface area is 163 Å². The summed E-state index contributed by atoms with van der Waals surface area (Å²) in [5.74, 6) is -1.22. The maximum Gasteiger partial charge on any atom is 0.348 e. The summed E-state index contributed by atoms with van der Waals surface area (Å²) in [6, 6.07) is 9.90. The Morgan fingerprint density at radius 3 is 2.59 bits per heavy atom. The molecule has 3 heterocycles. The Balaban J connectivity index is 1.37. The lowest BCUT2D eigenvalue weighted by molar-refractivity contribution is -0.137. The standard InChI is InChI=1S/C19H18N2O4S2/c20-18(23)11-5-7-21(8-6-11)16(22)10-25-19(24)15-9-14-17(27-15)12-3-1-2-4-13(12)26-14/h1-4,9,11H,5-8,10H2,(H2,20,23). The van der Waals surface area contributed by atoms with E-state index in [9.17, 15) is 14.4 Å². The predicted octanol–water partition coefficient (Wildman–Crippen LogP) is 3.00. The van der Waals surface area contributed by atoms with Gasteiger partial charge in [-0.1, -0.05) is 18.2 Å². The zero-order valence-corrected chi connectivity index (χ0v) is 16.1. The zero-order chi connectivity index (χ0) is 19.0. The van der Waals surface area contributed by atoms with Crippen LogP contribution in [-0.4, -0.2) is 42.4 Å². The molecule has 2 aromatic heterocycles. The average Bonchev–Trinajstić information content (AvgIpc) is 3.24. The third-order valence-corrected chi connectivity index (χ3v) is 7.22. The van der Waals surface area contributed by atoms with Gasteiger partial charge in [0.25, 0.3) is 5.91 Å². The molecular formula is C19H18N2O4S2. The summed E-state index contributed by atoms with van der Waals surface area (Å²) in [5.41, 5.74) is 5.30. The first-order valence-corrected chi connectivity index (χ1v) is 10.3. The molecule has 2 amide bonds. The monoisotopic (exact) mass is 402 g/mol. The number of rotatable bonds is 4. The second-order valence-corrected chi connectivity index (χ2v) is 8.67. The smallest absolute Gasteiger partial charge is 0.348 e. The quantitative estimate of drug-likeness (QED) is 0.680. The highest BCUT2D eigenvalue weighted by Gasteiger charge is 2.26. The summed E-state index contributed by atoms with van der Waals surface area (Å²) in [7, 11) is 0. The average molecular weight is 402 g/mol. The number of carbonyl (C=O) groups excluding carboxylic acids is 3. The van der Waals surface area contributed by atoms with Crippen molar-refractivity contribution < 1.29 is 19.1 Å². The molecule has 0 unspecified atom stereocenters. The van der Waals surface area contributed by atoms with E-state index in [1.165, 1.54) is 16.0 Å². The molecule has 1 aromatic carbocycles. The van der Waals surface area contributed by atoms with Gasteiger partial charge in [0.1, 0.15) is 4.88 Å². The van der Waals surface area contributed by atoms with Crippen molar-refractivity contribution in [3.05, 3.63) is 35.2 Å². The molecule has 3 aromatic rings. The van der Waals surface area contributed by atoms with E-state index in [0.29, 0.717) is 30.8 Å². The van der Waals surface area contributed by atoms with E-state index in [1.54, 1.807) is 16.2 Å². The molecule has 1 fully saturated rings. The van der Waals surface area contributed by atoms with Crippen molar-refractivity contribution in [1.29, 1.82) is 0 Å². The minimum absolute atomic E-state index is 0.175. The fraction of sp³-hybridized carbons (Fsp3) is 0.316. The maximum atomic E-state index is 12.3. The number of nitrogens with zero attached hydrogens (tertiary/aromatic N) is 1. The summed E-state index contributed by atoms with van der Waals surface area (Å²) in [5, 5.41) is 1.13. The van der Waals surface area contributed by atoms with E-state index in [-0.39, 0.29) is 24.3 Å². The first kappa shape index (κ1) is 17.9. The number of benzene rings is 1. The van der Waals surface area contributed by atoms with Gasteiger partial charge in [-0.15, -0.1) is 22.7 Å². The number of nitrogens with two attached hydrogens (primary N) is 1. The summed E-state index contributed by atoms with van der Waals surface area (Å²) >= 11 is 3.03. The SMILES string of the molecule is NC(=O)C1CCN(C(=O)COC(=O)c2cc3sc4ccccc4c3s2)CC1. The highest BCUT2D eigenvalue weighted by atomic mass is 32.1. The first-order chi connectivity index (χ1) is 13.0.